The van der Waals surface area contributed by atoms with Gasteiger partial charge in [0.2, 0.25) is 5.91 Å². The van der Waals surface area contributed by atoms with E-state index in [9.17, 15) is 18.0 Å². The van der Waals surface area contributed by atoms with E-state index in [1.54, 1.807) is 11.6 Å². The van der Waals surface area contributed by atoms with Crippen LogP contribution >= 0.6 is 23.8 Å². The first-order chi connectivity index (χ1) is 11.2. The monoisotopic (exact) mass is 376 g/mol. The second kappa shape index (κ2) is 7.18. The molecule has 0 aliphatic carbocycles. The average molecular weight is 377 g/mol. The Morgan fingerprint density at radius 3 is 2.79 bits per heavy atom. The van der Waals surface area contributed by atoms with Crippen LogP contribution in [0.1, 0.15) is 17.0 Å². The number of hydrogen-bond acceptors (Lipinski definition) is 3. The number of rotatable bonds is 4. The van der Waals surface area contributed by atoms with E-state index < -0.39 is 22.7 Å². The molecule has 24 heavy (non-hydrogen) atoms. The molecule has 2 rings (SSSR count). The summed E-state index contributed by atoms with van der Waals surface area (Å²) >= 11 is 10.5. The van der Waals surface area contributed by atoms with Crippen LogP contribution in [-0.2, 0) is 24.6 Å². The average Bonchev–Trinajstić information content (AvgIpc) is 2.82. The summed E-state index contributed by atoms with van der Waals surface area (Å²) in [7, 11) is 1.69. The Hall–Kier alpha value is -2.13. The predicted molar refractivity (Wildman–Crippen MR) is 85.7 cm³/mol. The minimum Gasteiger partial charge on any atom is -0.345 e. The molecule has 5 nitrogen and oxygen atoms in total. The van der Waals surface area contributed by atoms with Gasteiger partial charge < -0.3 is 9.88 Å². The van der Waals surface area contributed by atoms with Crippen molar-refractivity contribution in [3.63, 3.8) is 0 Å². The van der Waals surface area contributed by atoms with Gasteiger partial charge in [0, 0.05) is 13.1 Å². The summed E-state index contributed by atoms with van der Waals surface area (Å²) in [5.41, 5.74) is -0.742. The fourth-order valence-electron chi connectivity index (χ4n) is 1.80. The zero-order valence-corrected chi connectivity index (χ0v) is 13.9. The standard InChI is InChI=1S/C14H12ClF3N4OS/c1-22-11(20-21-13(22)24)7-19-12(23)5-3-8-2-4-10(15)9(6-8)14(16,17)18/h2-6H,7H2,1H3,(H,19,23)(H,21,24)/b5-3+. The summed E-state index contributed by atoms with van der Waals surface area (Å²) in [5.74, 6) is 0.0417. The number of halogens is 4. The van der Waals surface area contributed by atoms with Crippen molar-refractivity contribution in [3.05, 3.63) is 51.0 Å². The van der Waals surface area contributed by atoms with Gasteiger partial charge in [-0.15, -0.1) is 0 Å². The van der Waals surface area contributed by atoms with Crippen molar-refractivity contribution < 1.29 is 18.0 Å². The fraction of sp³-hybridized carbons (Fsp3) is 0.214. The molecule has 0 unspecified atom stereocenters. The van der Waals surface area contributed by atoms with E-state index in [1.807, 2.05) is 0 Å². The minimum atomic E-state index is -4.56. The van der Waals surface area contributed by atoms with Gasteiger partial charge in [0.1, 0.15) is 0 Å². The van der Waals surface area contributed by atoms with Gasteiger partial charge in [-0.25, -0.2) is 0 Å². The van der Waals surface area contributed by atoms with Gasteiger partial charge in [-0.05, 0) is 36.0 Å². The number of carbonyl (C=O) groups excluding carboxylic acids is 1. The van der Waals surface area contributed by atoms with Gasteiger partial charge in [0.15, 0.2) is 10.6 Å². The lowest BCUT2D eigenvalue weighted by atomic mass is 10.1. The Kier molecular flexibility index (Phi) is 5.45. The molecule has 0 saturated heterocycles. The zero-order valence-electron chi connectivity index (χ0n) is 12.3. The first-order valence-electron chi connectivity index (χ1n) is 6.61. The van der Waals surface area contributed by atoms with E-state index >= 15 is 0 Å². The van der Waals surface area contributed by atoms with Crippen LogP contribution in [-0.4, -0.2) is 20.7 Å². The largest absolute Gasteiger partial charge is 0.417 e. The maximum atomic E-state index is 12.8. The molecule has 0 aliphatic rings. The van der Waals surface area contributed by atoms with Crippen LogP contribution < -0.4 is 5.32 Å². The lowest BCUT2D eigenvalue weighted by molar-refractivity contribution is -0.137. The number of aromatic nitrogens is 3. The maximum Gasteiger partial charge on any atom is 0.417 e. The number of amides is 1. The number of carbonyl (C=O) groups is 1. The molecule has 2 N–H and O–H groups in total. The van der Waals surface area contributed by atoms with Crippen LogP contribution in [0.4, 0.5) is 13.2 Å². The highest BCUT2D eigenvalue weighted by atomic mass is 35.5. The summed E-state index contributed by atoms with van der Waals surface area (Å²) in [6.07, 6.45) is -2.16. The highest BCUT2D eigenvalue weighted by Crippen LogP contribution is 2.35. The summed E-state index contributed by atoms with van der Waals surface area (Å²) in [6.45, 7) is 0.126. The van der Waals surface area contributed by atoms with Crippen LogP contribution in [0.2, 0.25) is 5.02 Å². The van der Waals surface area contributed by atoms with E-state index in [0.717, 1.165) is 18.2 Å². The first-order valence-corrected chi connectivity index (χ1v) is 7.40. The highest BCUT2D eigenvalue weighted by Gasteiger charge is 2.33. The van der Waals surface area contributed by atoms with Crippen molar-refractivity contribution in [2.75, 3.05) is 0 Å². The number of nitrogens with zero attached hydrogens (tertiary/aromatic N) is 2. The van der Waals surface area contributed by atoms with Gasteiger partial charge in [0.05, 0.1) is 17.1 Å². The second-order valence-electron chi connectivity index (χ2n) is 4.79. The van der Waals surface area contributed by atoms with E-state index in [4.69, 9.17) is 23.8 Å². The molecule has 0 bridgehead atoms. The van der Waals surface area contributed by atoms with Crippen molar-refractivity contribution in [2.24, 2.45) is 7.05 Å². The summed E-state index contributed by atoms with van der Waals surface area (Å²) in [4.78, 5) is 11.7. The lowest BCUT2D eigenvalue weighted by Crippen LogP contribution is -2.22. The Morgan fingerprint density at radius 1 is 1.50 bits per heavy atom. The Bertz CT molecular complexity index is 841. The number of H-pyrrole nitrogens is 1. The Balaban J connectivity index is 2.04. The Morgan fingerprint density at radius 2 is 2.21 bits per heavy atom. The van der Waals surface area contributed by atoms with Crippen LogP contribution in [0.5, 0.6) is 0 Å². The summed E-state index contributed by atoms with van der Waals surface area (Å²) in [5, 5.41) is 8.66. The molecule has 0 spiro atoms. The van der Waals surface area contributed by atoms with Crippen molar-refractivity contribution in [1.82, 2.24) is 20.1 Å². The Labute approximate surface area is 145 Å². The molecule has 2 aromatic rings. The highest BCUT2D eigenvalue weighted by molar-refractivity contribution is 7.71. The van der Waals surface area contributed by atoms with Crippen LogP contribution in [0.25, 0.3) is 6.08 Å². The summed E-state index contributed by atoms with van der Waals surface area (Å²) < 4.78 is 40.3. The molecule has 128 valence electrons. The van der Waals surface area contributed by atoms with E-state index in [-0.39, 0.29) is 12.1 Å². The molecule has 1 heterocycles. The van der Waals surface area contributed by atoms with Gasteiger partial charge in [-0.3, -0.25) is 9.89 Å². The molecular weight excluding hydrogens is 365 g/mol. The molecule has 0 fully saturated rings. The van der Waals surface area contributed by atoms with Gasteiger partial charge in [0.25, 0.3) is 0 Å². The number of benzene rings is 1. The molecule has 1 aromatic carbocycles. The molecule has 10 heteroatoms. The smallest absolute Gasteiger partial charge is 0.345 e. The molecule has 1 aromatic heterocycles. The van der Waals surface area contributed by atoms with E-state index in [1.165, 1.54) is 12.1 Å². The number of aromatic amines is 1. The van der Waals surface area contributed by atoms with Crippen molar-refractivity contribution in [1.29, 1.82) is 0 Å². The van der Waals surface area contributed by atoms with Crippen LogP contribution in [0.15, 0.2) is 24.3 Å². The number of nitrogens with one attached hydrogen (secondary N) is 2. The van der Waals surface area contributed by atoms with Crippen molar-refractivity contribution in [2.45, 2.75) is 12.7 Å². The number of hydrogen-bond donors (Lipinski definition) is 2. The van der Waals surface area contributed by atoms with Gasteiger partial charge >= 0.3 is 6.18 Å². The van der Waals surface area contributed by atoms with E-state index in [2.05, 4.69) is 15.5 Å². The van der Waals surface area contributed by atoms with Crippen molar-refractivity contribution >= 4 is 35.8 Å². The van der Waals surface area contributed by atoms with Gasteiger partial charge in [-0.2, -0.15) is 18.3 Å². The third-order valence-corrected chi connectivity index (χ3v) is 3.81. The van der Waals surface area contributed by atoms with Crippen molar-refractivity contribution in [3.8, 4) is 0 Å². The number of alkyl halides is 3. The predicted octanol–water partition coefficient (Wildman–Crippen LogP) is 3.48. The quantitative estimate of drug-likeness (QED) is 0.634. The zero-order chi connectivity index (χ0) is 17.9. The van der Waals surface area contributed by atoms with Crippen LogP contribution in [0.3, 0.4) is 0 Å². The molecule has 0 radical (unpaired) electrons. The second-order valence-corrected chi connectivity index (χ2v) is 5.59. The normalized spacial score (nSPS) is 11.9. The summed E-state index contributed by atoms with van der Waals surface area (Å²) in [6, 6.07) is 3.40. The third-order valence-electron chi connectivity index (χ3n) is 3.12. The maximum absolute atomic E-state index is 12.8. The minimum absolute atomic E-state index is 0.126. The van der Waals surface area contributed by atoms with E-state index in [0.29, 0.717) is 10.6 Å². The molecule has 1 amide bonds. The lowest BCUT2D eigenvalue weighted by Gasteiger charge is -2.09. The van der Waals surface area contributed by atoms with Crippen LogP contribution in [0, 0.1) is 4.77 Å². The molecule has 0 saturated carbocycles. The fourth-order valence-corrected chi connectivity index (χ4v) is 2.17. The first kappa shape index (κ1) is 18.2. The molecule has 0 aliphatic heterocycles. The molecular formula is C14H12ClF3N4OS. The third kappa shape index (κ3) is 4.45. The SMILES string of the molecule is Cn1c(CNC(=O)/C=C/c2ccc(Cl)c(C(F)(F)F)c2)n[nH]c1=S. The van der Waals surface area contributed by atoms with Gasteiger partial charge in [-0.1, -0.05) is 17.7 Å². The topological polar surface area (TPSA) is 62.7 Å². The molecule has 0 atom stereocenters.